The Kier molecular flexibility index (Phi) is 4.36. The third kappa shape index (κ3) is 2.99. The van der Waals surface area contributed by atoms with Crippen molar-refractivity contribution in [3.05, 3.63) is 29.6 Å². The SMILES string of the molecule is O=C(O)c1cncc(C(O)C(O)CCO)c1. The molecule has 2 atom stereocenters. The lowest BCUT2D eigenvalue weighted by molar-refractivity contribution is 0.00397. The summed E-state index contributed by atoms with van der Waals surface area (Å²) in [5, 5.41) is 36.4. The lowest BCUT2D eigenvalue weighted by atomic mass is 10.0. The molecule has 0 aromatic carbocycles. The Morgan fingerprint density at radius 1 is 1.38 bits per heavy atom. The first-order valence-electron chi connectivity index (χ1n) is 4.71. The van der Waals surface area contributed by atoms with E-state index in [9.17, 15) is 15.0 Å². The van der Waals surface area contributed by atoms with Crippen LogP contribution >= 0.6 is 0 Å². The highest BCUT2D eigenvalue weighted by Gasteiger charge is 2.19. The molecule has 0 radical (unpaired) electrons. The zero-order valence-electron chi connectivity index (χ0n) is 8.45. The molecule has 0 aliphatic carbocycles. The molecule has 2 unspecified atom stereocenters. The summed E-state index contributed by atoms with van der Waals surface area (Å²) in [6, 6.07) is 1.24. The summed E-state index contributed by atoms with van der Waals surface area (Å²) >= 11 is 0. The predicted molar refractivity (Wildman–Crippen MR) is 53.9 cm³/mol. The highest BCUT2D eigenvalue weighted by atomic mass is 16.4. The Hall–Kier alpha value is -1.50. The van der Waals surface area contributed by atoms with E-state index in [-0.39, 0.29) is 24.2 Å². The predicted octanol–water partition coefficient (Wildman–Crippen LogP) is -0.444. The fourth-order valence-electron chi connectivity index (χ4n) is 1.25. The Bertz CT molecular complexity index is 368. The Labute approximate surface area is 91.8 Å². The van der Waals surface area contributed by atoms with Gasteiger partial charge in [-0.25, -0.2) is 4.79 Å². The van der Waals surface area contributed by atoms with Crippen molar-refractivity contribution in [1.82, 2.24) is 4.98 Å². The molecular weight excluding hydrogens is 214 g/mol. The molecule has 0 saturated carbocycles. The number of aliphatic hydroxyl groups is 3. The van der Waals surface area contributed by atoms with Crippen LogP contribution in [0.5, 0.6) is 0 Å². The molecule has 16 heavy (non-hydrogen) atoms. The standard InChI is InChI=1S/C10H13NO5/c12-2-1-8(13)9(14)6-3-7(10(15)16)5-11-4-6/h3-5,8-9,12-14H,1-2H2,(H,15,16). The van der Waals surface area contributed by atoms with E-state index in [1.807, 2.05) is 0 Å². The molecule has 6 heteroatoms. The number of aliphatic hydroxyl groups excluding tert-OH is 3. The van der Waals surface area contributed by atoms with Crippen molar-refractivity contribution >= 4 is 5.97 Å². The van der Waals surface area contributed by atoms with Crippen molar-refractivity contribution in [2.45, 2.75) is 18.6 Å². The zero-order chi connectivity index (χ0) is 12.1. The van der Waals surface area contributed by atoms with Crippen LogP contribution in [0.15, 0.2) is 18.5 Å². The van der Waals surface area contributed by atoms with E-state index in [0.717, 1.165) is 6.20 Å². The average molecular weight is 227 g/mol. The van der Waals surface area contributed by atoms with Gasteiger partial charge in [0.15, 0.2) is 0 Å². The summed E-state index contributed by atoms with van der Waals surface area (Å²) in [5.41, 5.74) is 0.147. The molecule has 1 heterocycles. The summed E-state index contributed by atoms with van der Waals surface area (Å²) < 4.78 is 0. The van der Waals surface area contributed by atoms with E-state index in [1.54, 1.807) is 0 Å². The number of rotatable bonds is 5. The van der Waals surface area contributed by atoms with Crippen LogP contribution in [0.2, 0.25) is 0 Å². The van der Waals surface area contributed by atoms with Gasteiger partial charge in [0.05, 0.1) is 11.7 Å². The zero-order valence-corrected chi connectivity index (χ0v) is 8.45. The number of carboxylic acid groups (broad SMARTS) is 1. The average Bonchev–Trinajstić information content (AvgIpc) is 2.28. The molecule has 88 valence electrons. The van der Waals surface area contributed by atoms with Gasteiger partial charge in [0.2, 0.25) is 0 Å². The number of hydrogen-bond acceptors (Lipinski definition) is 5. The van der Waals surface area contributed by atoms with Gasteiger partial charge in [-0.2, -0.15) is 0 Å². The molecule has 0 amide bonds. The van der Waals surface area contributed by atoms with Crippen LogP contribution in [0.3, 0.4) is 0 Å². The second-order valence-electron chi connectivity index (χ2n) is 3.34. The van der Waals surface area contributed by atoms with E-state index in [0.29, 0.717) is 0 Å². The maximum absolute atomic E-state index is 10.6. The molecule has 1 rings (SSSR count). The molecule has 6 nitrogen and oxygen atoms in total. The first kappa shape index (κ1) is 12.6. The Balaban J connectivity index is 2.86. The maximum Gasteiger partial charge on any atom is 0.337 e. The smallest absolute Gasteiger partial charge is 0.337 e. The molecule has 0 spiro atoms. The number of aromatic carboxylic acids is 1. The number of nitrogens with zero attached hydrogens (tertiary/aromatic N) is 1. The third-order valence-electron chi connectivity index (χ3n) is 2.14. The Morgan fingerprint density at radius 2 is 2.06 bits per heavy atom. The third-order valence-corrected chi connectivity index (χ3v) is 2.14. The minimum atomic E-state index is -1.25. The van der Waals surface area contributed by atoms with Crippen LogP contribution in [0.25, 0.3) is 0 Å². The maximum atomic E-state index is 10.6. The highest BCUT2D eigenvalue weighted by Crippen LogP contribution is 2.18. The second kappa shape index (κ2) is 5.55. The summed E-state index contributed by atoms with van der Waals surface area (Å²) in [5.74, 6) is -1.15. The van der Waals surface area contributed by atoms with Crippen LogP contribution in [-0.4, -0.2) is 44.1 Å². The van der Waals surface area contributed by atoms with E-state index in [1.165, 1.54) is 12.3 Å². The number of aromatic nitrogens is 1. The molecule has 0 bridgehead atoms. The van der Waals surface area contributed by atoms with Gasteiger partial charge in [-0.05, 0) is 12.5 Å². The first-order chi connectivity index (χ1) is 7.56. The quantitative estimate of drug-likeness (QED) is 0.542. The number of carbonyl (C=O) groups is 1. The van der Waals surface area contributed by atoms with Gasteiger partial charge in [0.25, 0.3) is 0 Å². The largest absolute Gasteiger partial charge is 0.478 e. The highest BCUT2D eigenvalue weighted by molar-refractivity contribution is 5.87. The van der Waals surface area contributed by atoms with Crippen LogP contribution < -0.4 is 0 Å². The van der Waals surface area contributed by atoms with Crippen molar-refractivity contribution in [1.29, 1.82) is 0 Å². The van der Waals surface area contributed by atoms with Crippen LogP contribution in [0.4, 0.5) is 0 Å². The molecule has 0 aliphatic heterocycles. The summed E-state index contributed by atoms with van der Waals surface area (Å²) in [7, 11) is 0. The first-order valence-corrected chi connectivity index (χ1v) is 4.71. The van der Waals surface area contributed by atoms with Crippen molar-refractivity contribution in [2.75, 3.05) is 6.61 Å². The van der Waals surface area contributed by atoms with E-state index in [2.05, 4.69) is 4.98 Å². The minimum absolute atomic E-state index is 0.0124. The fraction of sp³-hybridized carbons (Fsp3) is 0.400. The molecule has 0 aliphatic rings. The lowest BCUT2D eigenvalue weighted by Gasteiger charge is -2.16. The van der Waals surface area contributed by atoms with Gasteiger partial charge < -0.3 is 20.4 Å². The van der Waals surface area contributed by atoms with Crippen LogP contribution in [-0.2, 0) is 0 Å². The minimum Gasteiger partial charge on any atom is -0.478 e. The van der Waals surface area contributed by atoms with Gasteiger partial charge in [-0.15, -0.1) is 0 Å². The van der Waals surface area contributed by atoms with Gasteiger partial charge in [-0.1, -0.05) is 0 Å². The molecule has 0 saturated heterocycles. The van der Waals surface area contributed by atoms with Gasteiger partial charge in [0, 0.05) is 24.6 Å². The van der Waals surface area contributed by atoms with Crippen LogP contribution in [0, 0.1) is 0 Å². The van der Waals surface area contributed by atoms with E-state index < -0.39 is 18.2 Å². The molecule has 1 aromatic heterocycles. The monoisotopic (exact) mass is 227 g/mol. The van der Waals surface area contributed by atoms with E-state index in [4.69, 9.17) is 10.2 Å². The van der Waals surface area contributed by atoms with Gasteiger partial charge in [0.1, 0.15) is 6.10 Å². The van der Waals surface area contributed by atoms with Crippen molar-refractivity contribution in [3.8, 4) is 0 Å². The van der Waals surface area contributed by atoms with E-state index >= 15 is 0 Å². The number of pyridine rings is 1. The van der Waals surface area contributed by atoms with Crippen LogP contribution in [0.1, 0.15) is 28.4 Å². The number of carboxylic acids is 1. The van der Waals surface area contributed by atoms with Crippen molar-refractivity contribution < 1.29 is 25.2 Å². The molecule has 4 N–H and O–H groups in total. The molecule has 0 fully saturated rings. The van der Waals surface area contributed by atoms with Crippen molar-refractivity contribution in [2.24, 2.45) is 0 Å². The normalized spacial score (nSPS) is 14.4. The number of hydrogen-bond donors (Lipinski definition) is 4. The summed E-state index contributed by atoms with van der Waals surface area (Å²) in [6.07, 6.45) is 0.0439. The topological polar surface area (TPSA) is 111 Å². The molecule has 1 aromatic rings. The fourth-order valence-corrected chi connectivity index (χ4v) is 1.25. The second-order valence-corrected chi connectivity index (χ2v) is 3.34. The summed E-state index contributed by atoms with van der Waals surface area (Å²) in [4.78, 5) is 14.3. The van der Waals surface area contributed by atoms with Gasteiger partial charge in [-0.3, -0.25) is 4.98 Å². The Morgan fingerprint density at radius 3 is 2.62 bits per heavy atom. The van der Waals surface area contributed by atoms with Gasteiger partial charge >= 0.3 is 5.97 Å². The molecular formula is C10H13NO5. The van der Waals surface area contributed by atoms with Crippen molar-refractivity contribution in [3.63, 3.8) is 0 Å². The lowest BCUT2D eigenvalue weighted by Crippen LogP contribution is -2.20. The summed E-state index contributed by atoms with van der Waals surface area (Å²) in [6.45, 7) is -0.260.